The van der Waals surface area contributed by atoms with Gasteiger partial charge in [0, 0.05) is 24.7 Å². The van der Waals surface area contributed by atoms with E-state index in [1.807, 2.05) is 35.8 Å². The first-order valence-corrected chi connectivity index (χ1v) is 11.7. The van der Waals surface area contributed by atoms with E-state index in [-0.39, 0.29) is 23.8 Å². The van der Waals surface area contributed by atoms with Crippen molar-refractivity contribution in [2.45, 2.75) is 70.0 Å². The lowest BCUT2D eigenvalue weighted by Crippen LogP contribution is -2.65. The number of hydrogen-bond donors (Lipinski definition) is 1. The lowest BCUT2D eigenvalue weighted by molar-refractivity contribution is -0.133. The van der Waals surface area contributed by atoms with Gasteiger partial charge in [0.25, 0.3) is 5.91 Å². The van der Waals surface area contributed by atoms with Crippen molar-refractivity contribution in [3.05, 3.63) is 60.0 Å². The molecule has 6 nitrogen and oxygen atoms in total. The minimum atomic E-state index is -0.978. The maximum Gasteiger partial charge on any atom is 0.271 e. The van der Waals surface area contributed by atoms with Gasteiger partial charge in [0.15, 0.2) is 5.58 Å². The Morgan fingerprint density at radius 2 is 1.94 bits per heavy atom. The molecular weight excluding hydrogens is 402 g/mol. The van der Waals surface area contributed by atoms with Gasteiger partial charge in [-0.25, -0.2) is 0 Å². The molecule has 6 heteroatoms. The van der Waals surface area contributed by atoms with Gasteiger partial charge in [0.2, 0.25) is 5.91 Å². The first-order valence-electron chi connectivity index (χ1n) is 11.7. The molecule has 0 radical (unpaired) electrons. The highest BCUT2D eigenvalue weighted by Gasteiger charge is 2.48. The van der Waals surface area contributed by atoms with Crippen LogP contribution in [0.2, 0.25) is 0 Å². The van der Waals surface area contributed by atoms with Crippen molar-refractivity contribution in [1.82, 2.24) is 14.8 Å². The van der Waals surface area contributed by atoms with Crippen molar-refractivity contribution < 1.29 is 14.0 Å². The predicted octanol–water partition coefficient (Wildman–Crippen LogP) is 4.70. The number of benzene rings is 1. The van der Waals surface area contributed by atoms with Gasteiger partial charge in [-0.3, -0.25) is 9.59 Å². The first-order chi connectivity index (χ1) is 15.5. The molecule has 3 heterocycles. The predicted molar refractivity (Wildman–Crippen MR) is 124 cm³/mol. The van der Waals surface area contributed by atoms with Gasteiger partial charge < -0.3 is 19.2 Å². The highest BCUT2D eigenvalue weighted by atomic mass is 16.3. The quantitative estimate of drug-likeness (QED) is 0.634. The third kappa shape index (κ3) is 3.51. The van der Waals surface area contributed by atoms with Crippen LogP contribution in [0.15, 0.2) is 53.1 Å². The van der Waals surface area contributed by atoms with E-state index in [0.717, 1.165) is 36.8 Å². The van der Waals surface area contributed by atoms with Crippen molar-refractivity contribution in [3.8, 4) is 0 Å². The van der Waals surface area contributed by atoms with Crippen molar-refractivity contribution in [2.75, 3.05) is 6.54 Å². The molecule has 5 rings (SSSR count). The Kier molecular flexibility index (Phi) is 5.31. The lowest BCUT2D eigenvalue weighted by Gasteiger charge is -2.45. The van der Waals surface area contributed by atoms with Gasteiger partial charge in [0.05, 0.1) is 18.3 Å². The van der Waals surface area contributed by atoms with Crippen LogP contribution in [0, 0.1) is 0 Å². The minimum Gasteiger partial charge on any atom is -0.463 e. The van der Waals surface area contributed by atoms with Crippen LogP contribution < -0.4 is 5.32 Å². The molecule has 1 saturated carbocycles. The number of furan rings is 1. The van der Waals surface area contributed by atoms with Crippen LogP contribution in [0.4, 0.5) is 0 Å². The molecule has 1 fully saturated rings. The zero-order valence-corrected chi connectivity index (χ0v) is 18.8. The fourth-order valence-corrected chi connectivity index (χ4v) is 5.31. The normalized spacial score (nSPS) is 22.7. The summed E-state index contributed by atoms with van der Waals surface area (Å²) >= 11 is 0. The number of fused-ring (bicyclic) bond motifs is 3. The minimum absolute atomic E-state index is 0.0611. The Balaban J connectivity index is 1.50. The van der Waals surface area contributed by atoms with Crippen LogP contribution in [0.5, 0.6) is 0 Å². The molecule has 1 aliphatic heterocycles. The van der Waals surface area contributed by atoms with Gasteiger partial charge in [-0.05, 0) is 31.2 Å². The second-order valence-electron chi connectivity index (χ2n) is 9.60. The number of aromatic nitrogens is 1. The summed E-state index contributed by atoms with van der Waals surface area (Å²) in [4.78, 5) is 29.3. The number of rotatable bonds is 5. The number of nitrogens with one attached hydrogen (secondary N) is 1. The average Bonchev–Trinajstić information content (AvgIpc) is 3.40. The van der Waals surface area contributed by atoms with Gasteiger partial charge in [-0.15, -0.1) is 0 Å². The van der Waals surface area contributed by atoms with Crippen molar-refractivity contribution >= 4 is 22.9 Å². The van der Waals surface area contributed by atoms with Crippen LogP contribution in [0.1, 0.15) is 67.9 Å². The number of amides is 2. The Hall–Kier alpha value is -3.02. The van der Waals surface area contributed by atoms with E-state index in [2.05, 4.69) is 24.4 Å². The van der Waals surface area contributed by atoms with Gasteiger partial charge in [0.1, 0.15) is 11.2 Å². The summed E-state index contributed by atoms with van der Waals surface area (Å²) in [6.07, 6.45) is 7.17. The Bertz CT molecular complexity index is 1130. The molecular formula is C26H31N3O3. The molecule has 0 saturated heterocycles. The SMILES string of the molecule is C[C@@H](CN1C(=O)c2cc3occc3n2C[C@]1(C)C(=O)NC1CCCCC1)c1ccccc1. The Morgan fingerprint density at radius 3 is 2.69 bits per heavy atom. The van der Waals surface area contributed by atoms with Crippen LogP contribution >= 0.6 is 0 Å². The first kappa shape index (κ1) is 20.9. The van der Waals surface area contributed by atoms with Crippen molar-refractivity contribution in [2.24, 2.45) is 0 Å². The second-order valence-corrected chi connectivity index (χ2v) is 9.60. The van der Waals surface area contributed by atoms with Gasteiger partial charge in [-0.1, -0.05) is 56.5 Å². The smallest absolute Gasteiger partial charge is 0.271 e. The maximum absolute atomic E-state index is 13.7. The van der Waals surface area contributed by atoms with E-state index in [1.165, 1.54) is 6.42 Å². The van der Waals surface area contributed by atoms with E-state index < -0.39 is 5.54 Å². The summed E-state index contributed by atoms with van der Waals surface area (Å²) in [7, 11) is 0. The zero-order chi connectivity index (χ0) is 22.3. The number of carbonyl (C=O) groups is 2. The van der Waals surface area contributed by atoms with Crippen LogP contribution in [-0.2, 0) is 11.3 Å². The largest absolute Gasteiger partial charge is 0.463 e. The molecule has 32 heavy (non-hydrogen) atoms. The summed E-state index contributed by atoms with van der Waals surface area (Å²) < 4.78 is 7.51. The Morgan fingerprint density at radius 1 is 1.19 bits per heavy atom. The van der Waals surface area contributed by atoms with Crippen LogP contribution in [0.3, 0.4) is 0 Å². The highest BCUT2D eigenvalue weighted by Crippen LogP contribution is 2.35. The second kappa shape index (κ2) is 8.15. The molecule has 3 aromatic rings. The third-order valence-electron chi connectivity index (χ3n) is 7.30. The molecule has 1 aromatic carbocycles. The average molecular weight is 434 g/mol. The molecule has 2 aromatic heterocycles. The monoisotopic (exact) mass is 433 g/mol. The van der Waals surface area contributed by atoms with E-state index >= 15 is 0 Å². The lowest BCUT2D eigenvalue weighted by atomic mass is 9.89. The summed E-state index contributed by atoms with van der Waals surface area (Å²) in [6.45, 7) is 4.92. The third-order valence-corrected chi connectivity index (χ3v) is 7.30. The van der Waals surface area contributed by atoms with E-state index in [9.17, 15) is 9.59 Å². The van der Waals surface area contributed by atoms with E-state index in [4.69, 9.17) is 4.42 Å². The van der Waals surface area contributed by atoms with Gasteiger partial charge >= 0.3 is 0 Å². The molecule has 1 N–H and O–H groups in total. The molecule has 0 bridgehead atoms. The molecule has 2 aliphatic rings. The highest BCUT2D eigenvalue weighted by molar-refractivity contribution is 6.03. The van der Waals surface area contributed by atoms with E-state index in [1.54, 1.807) is 17.2 Å². The number of carbonyl (C=O) groups excluding carboxylic acids is 2. The molecule has 0 spiro atoms. The summed E-state index contributed by atoms with van der Waals surface area (Å²) in [5, 5.41) is 3.29. The summed E-state index contributed by atoms with van der Waals surface area (Å²) in [5.41, 5.74) is 2.31. The van der Waals surface area contributed by atoms with Crippen molar-refractivity contribution in [3.63, 3.8) is 0 Å². The van der Waals surface area contributed by atoms with Gasteiger partial charge in [-0.2, -0.15) is 0 Å². The van der Waals surface area contributed by atoms with Crippen LogP contribution in [-0.4, -0.2) is 39.4 Å². The number of nitrogens with zero attached hydrogens (tertiary/aromatic N) is 2. The molecule has 2 atom stereocenters. The summed E-state index contributed by atoms with van der Waals surface area (Å²) in [5.74, 6) is -0.0767. The zero-order valence-electron chi connectivity index (χ0n) is 18.8. The fraction of sp³-hybridized carbons (Fsp3) is 0.462. The van der Waals surface area contributed by atoms with Crippen molar-refractivity contribution in [1.29, 1.82) is 0 Å². The fourth-order valence-electron chi connectivity index (χ4n) is 5.31. The number of hydrogen-bond acceptors (Lipinski definition) is 3. The summed E-state index contributed by atoms with van der Waals surface area (Å²) in [6, 6.07) is 14.0. The maximum atomic E-state index is 13.7. The Labute approximate surface area is 188 Å². The molecule has 2 amide bonds. The van der Waals surface area contributed by atoms with E-state index in [0.29, 0.717) is 24.4 Å². The topological polar surface area (TPSA) is 67.5 Å². The molecule has 0 unspecified atom stereocenters. The molecule has 168 valence electrons. The van der Waals surface area contributed by atoms with Crippen LogP contribution in [0.25, 0.3) is 11.1 Å². The standard InChI is InChI=1S/C26H31N3O3/c1-18(19-9-5-3-6-10-19)16-29-24(30)22-15-23-21(13-14-32-23)28(22)17-26(29,2)25(31)27-20-11-7-4-8-12-20/h3,5-6,9-10,13-15,18,20H,4,7-8,11-12,16-17H2,1-2H3,(H,27,31)/t18-,26+/m0/s1. The molecule has 1 aliphatic carbocycles.